The minimum absolute atomic E-state index is 0.747. The predicted octanol–water partition coefficient (Wildman–Crippen LogP) is 3.67. The van der Waals surface area contributed by atoms with E-state index < -0.39 is 0 Å². The van der Waals surface area contributed by atoms with Gasteiger partial charge in [0.1, 0.15) is 5.82 Å². The SMILES string of the molecule is CCNc1ncccc1CN1CCCCCC1CC. The molecular weight excluding hydrogens is 234 g/mol. The molecule has 1 fully saturated rings. The van der Waals surface area contributed by atoms with Crippen molar-refractivity contribution in [3.8, 4) is 0 Å². The van der Waals surface area contributed by atoms with E-state index in [2.05, 4.69) is 41.2 Å². The van der Waals surface area contributed by atoms with Gasteiger partial charge in [0, 0.05) is 30.9 Å². The van der Waals surface area contributed by atoms with Crippen LogP contribution in [0.15, 0.2) is 18.3 Å². The van der Waals surface area contributed by atoms with Gasteiger partial charge in [0.15, 0.2) is 0 Å². The zero-order valence-electron chi connectivity index (χ0n) is 12.4. The maximum Gasteiger partial charge on any atom is 0.130 e. The van der Waals surface area contributed by atoms with Crippen molar-refractivity contribution in [1.82, 2.24) is 9.88 Å². The molecule has 2 rings (SSSR count). The van der Waals surface area contributed by atoms with Crippen LogP contribution in [-0.2, 0) is 6.54 Å². The van der Waals surface area contributed by atoms with Gasteiger partial charge in [-0.2, -0.15) is 0 Å². The highest BCUT2D eigenvalue weighted by atomic mass is 15.2. The van der Waals surface area contributed by atoms with Crippen molar-refractivity contribution in [2.45, 2.75) is 58.5 Å². The molecule has 0 radical (unpaired) electrons. The smallest absolute Gasteiger partial charge is 0.130 e. The highest BCUT2D eigenvalue weighted by Gasteiger charge is 2.20. The molecule has 0 aliphatic carbocycles. The second-order valence-electron chi connectivity index (χ2n) is 5.42. The molecule has 3 nitrogen and oxygen atoms in total. The van der Waals surface area contributed by atoms with Crippen LogP contribution in [0.2, 0.25) is 0 Å². The van der Waals surface area contributed by atoms with Crippen molar-refractivity contribution in [2.24, 2.45) is 0 Å². The number of hydrogen-bond acceptors (Lipinski definition) is 3. The lowest BCUT2D eigenvalue weighted by Crippen LogP contribution is -2.34. The van der Waals surface area contributed by atoms with E-state index in [0.29, 0.717) is 0 Å². The van der Waals surface area contributed by atoms with Crippen molar-refractivity contribution in [3.05, 3.63) is 23.9 Å². The van der Waals surface area contributed by atoms with Crippen LogP contribution in [0.4, 0.5) is 5.82 Å². The number of likely N-dealkylation sites (tertiary alicyclic amines) is 1. The maximum absolute atomic E-state index is 4.47. The Labute approximate surface area is 117 Å². The third kappa shape index (κ3) is 3.93. The zero-order valence-corrected chi connectivity index (χ0v) is 12.4. The van der Waals surface area contributed by atoms with Crippen molar-refractivity contribution in [2.75, 3.05) is 18.4 Å². The molecule has 1 aliphatic heterocycles. The van der Waals surface area contributed by atoms with Gasteiger partial charge >= 0.3 is 0 Å². The largest absolute Gasteiger partial charge is 0.370 e. The third-order valence-electron chi connectivity index (χ3n) is 4.08. The summed E-state index contributed by atoms with van der Waals surface area (Å²) in [6.07, 6.45) is 8.61. The van der Waals surface area contributed by atoms with Gasteiger partial charge in [-0.1, -0.05) is 25.8 Å². The molecule has 0 saturated carbocycles. The number of rotatable bonds is 5. The fourth-order valence-electron chi connectivity index (χ4n) is 3.02. The van der Waals surface area contributed by atoms with Crippen LogP contribution in [0.1, 0.15) is 51.5 Å². The Kier molecular flexibility index (Phi) is 5.64. The van der Waals surface area contributed by atoms with Crippen LogP contribution in [0.25, 0.3) is 0 Å². The van der Waals surface area contributed by atoms with Gasteiger partial charge in [-0.05, 0) is 38.8 Å². The molecule has 0 amide bonds. The Balaban J connectivity index is 2.09. The van der Waals surface area contributed by atoms with E-state index in [1.807, 2.05) is 6.20 Å². The Hall–Kier alpha value is -1.09. The second-order valence-corrected chi connectivity index (χ2v) is 5.42. The van der Waals surface area contributed by atoms with E-state index in [4.69, 9.17) is 0 Å². The molecule has 106 valence electrons. The quantitative estimate of drug-likeness (QED) is 0.876. The first-order valence-electron chi connectivity index (χ1n) is 7.77. The lowest BCUT2D eigenvalue weighted by Gasteiger charge is -2.29. The molecule has 0 aromatic carbocycles. The number of anilines is 1. The Bertz CT molecular complexity index is 378. The van der Waals surface area contributed by atoms with Gasteiger partial charge in [0.05, 0.1) is 0 Å². The average molecular weight is 261 g/mol. The molecule has 1 aromatic rings. The lowest BCUT2D eigenvalue weighted by atomic mass is 10.1. The number of nitrogens with zero attached hydrogens (tertiary/aromatic N) is 2. The lowest BCUT2D eigenvalue weighted by molar-refractivity contribution is 0.186. The average Bonchev–Trinajstić information content (AvgIpc) is 2.66. The summed E-state index contributed by atoms with van der Waals surface area (Å²) in [5, 5.41) is 3.38. The molecule has 1 aliphatic rings. The Morgan fingerprint density at radius 3 is 3.00 bits per heavy atom. The summed E-state index contributed by atoms with van der Waals surface area (Å²) in [5.74, 6) is 1.06. The maximum atomic E-state index is 4.47. The molecule has 1 N–H and O–H groups in total. The number of hydrogen-bond donors (Lipinski definition) is 1. The van der Waals surface area contributed by atoms with Crippen molar-refractivity contribution >= 4 is 5.82 Å². The van der Waals surface area contributed by atoms with Gasteiger partial charge in [-0.25, -0.2) is 4.98 Å². The topological polar surface area (TPSA) is 28.2 Å². The molecule has 1 unspecified atom stereocenters. The van der Waals surface area contributed by atoms with Crippen LogP contribution in [0.3, 0.4) is 0 Å². The number of pyridine rings is 1. The van der Waals surface area contributed by atoms with Crippen molar-refractivity contribution in [3.63, 3.8) is 0 Å². The standard InChI is InChI=1S/C16H27N3/c1-3-15-10-6-5-7-12-19(15)13-14-9-8-11-18-16(14)17-4-2/h8-9,11,15H,3-7,10,12-13H2,1-2H3,(H,17,18). The minimum atomic E-state index is 0.747. The normalized spacial score (nSPS) is 21.1. The molecule has 0 bridgehead atoms. The summed E-state index contributed by atoms with van der Waals surface area (Å²) in [6.45, 7) is 7.64. The fourth-order valence-corrected chi connectivity index (χ4v) is 3.02. The van der Waals surface area contributed by atoms with Crippen LogP contribution in [-0.4, -0.2) is 29.0 Å². The van der Waals surface area contributed by atoms with Crippen LogP contribution in [0.5, 0.6) is 0 Å². The summed E-state index contributed by atoms with van der Waals surface area (Å²) >= 11 is 0. The van der Waals surface area contributed by atoms with Crippen LogP contribution >= 0.6 is 0 Å². The first-order valence-corrected chi connectivity index (χ1v) is 7.77. The monoisotopic (exact) mass is 261 g/mol. The highest BCUT2D eigenvalue weighted by molar-refractivity contribution is 5.43. The summed E-state index contributed by atoms with van der Waals surface area (Å²) < 4.78 is 0. The summed E-state index contributed by atoms with van der Waals surface area (Å²) in [4.78, 5) is 7.13. The van der Waals surface area contributed by atoms with Gasteiger partial charge < -0.3 is 5.32 Å². The summed E-state index contributed by atoms with van der Waals surface area (Å²) in [6, 6.07) is 5.01. The van der Waals surface area contributed by atoms with Crippen molar-refractivity contribution < 1.29 is 0 Å². The minimum Gasteiger partial charge on any atom is -0.370 e. The molecule has 1 atom stereocenters. The summed E-state index contributed by atoms with van der Waals surface area (Å²) in [7, 11) is 0. The first kappa shape index (κ1) is 14.3. The Morgan fingerprint density at radius 2 is 2.21 bits per heavy atom. The zero-order chi connectivity index (χ0) is 13.5. The first-order chi connectivity index (χ1) is 9.35. The molecular formula is C16H27N3. The van der Waals surface area contributed by atoms with E-state index in [0.717, 1.165) is 24.9 Å². The molecule has 0 spiro atoms. The molecule has 2 heterocycles. The van der Waals surface area contributed by atoms with Gasteiger partial charge in [0.25, 0.3) is 0 Å². The van der Waals surface area contributed by atoms with Crippen molar-refractivity contribution in [1.29, 1.82) is 0 Å². The molecule has 19 heavy (non-hydrogen) atoms. The third-order valence-corrected chi connectivity index (χ3v) is 4.08. The second kappa shape index (κ2) is 7.49. The Morgan fingerprint density at radius 1 is 1.32 bits per heavy atom. The van der Waals surface area contributed by atoms with Gasteiger partial charge in [-0.3, -0.25) is 4.90 Å². The molecule has 1 aromatic heterocycles. The van der Waals surface area contributed by atoms with E-state index >= 15 is 0 Å². The van der Waals surface area contributed by atoms with Crippen LogP contribution < -0.4 is 5.32 Å². The van der Waals surface area contributed by atoms with E-state index in [1.165, 1.54) is 44.2 Å². The van der Waals surface area contributed by atoms with E-state index in [-0.39, 0.29) is 0 Å². The number of aromatic nitrogens is 1. The molecule has 3 heteroatoms. The van der Waals surface area contributed by atoms with E-state index in [9.17, 15) is 0 Å². The highest BCUT2D eigenvalue weighted by Crippen LogP contribution is 2.23. The molecule has 1 saturated heterocycles. The summed E-state index contributed by atoms with van der Waals surface area (Å²) in [5.41, 5.74) is 1.34. The van der Waals surface area contributed by atoms with E-state index in [1.54, 1.807) is 0 Å². The van der Waals surface area contributed by atoms with Gasteiger partial charge in [0.2, 0.25) is 0 Å². The predicted molar refractivity (Wildman–Crippen MR) is 81.4 cm³/mol. The fraction of sp³-hybridized carbons (Fsp3) is 0.688. The van der Waals surface area contributed by atoms with Crippen LogP contribution in [0, 0.1) is 0 Å². The number of nitrogens with one attached hydrogen (secondary N) is 1. The van der Waals surface area contributed by atoms with Gasteiger partial charge in [-0.15, -0.1) is 0 Å².